The summed E-state index contributed by atoms with van der Waals surface area (Å²) in [5.41, 5.74) is 3.94. The lowest BCUT2D eigenvalue weighted by Gasteiger charge is -2.17. The van der Waals surface area contributed by atoms with Crippen LogP contribution >= 0.6 is 0 Å². The Hall–Kier alpha value is -1.35. The van der Waals surface area contributed by atoms with Crippen molar-refractivity contribution < 1.29 is 4.79 Å². The fraction of sp³-hybridized carbons (Fsp3) is 0.562. The van der Waals surface area contributed by atoms with Gasteiger partial charge in [0.1, 0.15) is 0 Å². The van der Waals surface area contributed by atoms with Gasteiger partial charge in [0, 0.05) is 25.0 Å². The molecule has 1 aromatic carbocycles. The van der Waals surface area contributed by atoms with Crippen LogP contribution in [-0.2, 0) is 4.79 Å². The summed E-state index contributed by atoms with van der Waals surface area (Å²) in [6, 6.07) is 6.85. The van der Waals surface area contributed by atoms with Gasteiger partial charge in [-0.05, 0) is 44.7 Å². The summed E-state index contributed by atoms with van der Waals surface area (Å²) < 4.78 is 0. The van der Waals surface area contributed by atoms with Gasteiger partial charge in [-0.2, -0.15) is 0 Å². The highest BCUT2D eigenvalue weighted by Gasteiger charge is 2.28. The van der Waals surface area contributed by atoms with Gasteiger partial charge in [0.05, 0.1) is 0 Å². The highest BCUT2D eigenvalue weighted by atomic mass is 16.2. The molecule has 0 aromatic heterocycles. The standard InChI is InChI=1S/C16H24N2O/c1-11-4-5-12(2)15(10-11)13(3)17-8-9-18-16(19)14-6-7-14/h4-5,10,13-14,17H,6-9H2,1-3H3,(H,18,19). The second-order valence-corrected chi connectivity index (χ2v) is 5.60. The molecule has 1 atom stereocenters. The summed E-state index contributed by atoms with van der Waals surface area (Å²) in [4.78, 5) is 11.5. The van der Waals surface area contributed by atoms with E-state index in [1.165, 1.54) is 16.7 Å². The molecule has 1 aliphatic carbocycles. The second kappa shape index (κ2) is 6.20. The van der Waals surface area contributed by atoms with Crippen LogP contribution in [0, 0.1) is 19.8 Å². The van der Waals surface area contributed by atoms with Crippen molar-refractivity contribution in [1.29, 1.82) is 0 Å². The van der Waals surface area contributed by atoms with Crippen molar-refractivity contribution in [2.75, 3.05) is 13.1 Å². The Balaban J connectivity index is 1.75. The van der Waals surface area contributed by atoms with Crippen LogP contribution in [0.25, 0.3) is 0 Å². The van der Waals surface area contributed by atoms with Crippen molar-refractivity contribution in [3.63, 3.8) is 0 Å². The molecule has 0 heterocycles. The number of hydrogen-bond acceptors (Lipinski definition) is 2. The molecule has 0 aliphatic heterocycles. The van der Waals surface area contributed by atoms with Crippen LogP contribution < -0.4 is 10.6 Å². The van der Waals surface area contributed by atoms with Crippen molar-refractivity contribution >= 4 is 5.91 Å². The molecule has 1 unspecified atom stereocenters. The van der Waals surface area contributed by atoms with E-state index < -0.39 is 0 Å². The maximum atomic E-state index is 11.5. The number of carbonyl (C=O) groups is 1. The molecule has 0 saturated heterocycles. The van der Waals surface area contributed by atoms with Gasteiger partial charge in [-0.25, -0.2) is 0 Å². The number of amides is 1. The summed E-state index contributed by atoms with van der Waals surface area (Å²) in [5.74, 6) is 0.526. The quantitative estimate of drug-likeness (QED) is 0.772. The summed E-state index contributed by atoms with van der Waals surface area (Å²) >= 11 is 0. The lowest BCUT2D eigenvalue weighted by Crippen LogP contribution is -2.33. The molecule has 19 heavy (non-hydrogen) atoms. The smallest absolute Gasteiger partial charge is 0.223 e. The highest BCUT2D eigenvalue weighted by Crippen LogP contribution is 2.28. The average Bonchev–Trinajstić information content (AvgIpc) is 3.21. The monoisotopic (exact) mass is 260 g/mol. The molecule has 1 amide bonds. The number of hydrogen-bond donors (Lipinski definition) is 2. The van der Waals surface area contributed by atoms with Crippen LogP contribution in [0.3, 0.4) is 0 Å². The molecular weight excluding hydrogens is 236 g/mol. The first kappa shape index (κ1) is 14.1. The summed E-state index contributed by atoms with van der Waals surface area (Å²) in [7, 11) is 0. The topological polar surface area (TPSA) is 41.1 Å². The minimum absolute atomic E-state index is 0.223. The van der Waals surface area contributed by atoms with Gasteiger partial charge < -0.3 is 10.6 Å². The molecule has 3 heteroatoms. The zero-order valence-electron chi connectivity index (χ0n) is 12.1. The minimum Gasteiger partial charge on any atom is -0.355 e. The molecule has 2 rings (SSSR count). The molecule has 0 spiro atoms. The molecule has 1 aromatic rings. The van der Waals surface area contributed by atoms with Gasteiger partial charge in [-0.3, -0.25) is 4.79 Å². The van der Waals surface area contributed by atoms with Crippen LogP contribution in [0.2, 0.25) is 0 Å². The molecule has 2 N–H and O–H groups in total. The lowest BCUT2D eigenvalue weighted by molar-refractivity contribution is -0.122. The third-order valence-corrected chi connectivity index (χ3v) is 3.72. The van der Waals surface area contributed by atoms with E-state index in [1.54, 1.807) is 0 Å². The van der Waals surface area contributed by atoms with E-state index in [2.05, 4.69) is 49.6 Å². The van der Waals surface area contributed by atoms with Crippen molar-refractivity contribution in [2.24, 2.45) is 5.92 Å². The normalized spacial score (nSPS) is 16.2. The Bertz CT molecular complexity index is 452. The fourth-order valence-electron chi connectivity index (χ4n) is 2.30. The average molecular weight is 260 g/mol. The molecule has 0 bridgehead atoms. The number of rotatable bonds is 6. The van der Waals surface area contributed by atoms with Gasteiger partial charge in [-0.15, -0.1) is 0 Å². The van der Waals surface area contributed by atoms with Gasteiger partial charge in [0.25, 0.3) is 0 Å². The first-order chi connectivity index (χ1) is 9.08. The van der Waals surface area contributed by atoms with Crippen molar-refractivity contribution in [1.82, 2.24) is 10.6 Å². The van der Waals surface area contributed by atoms with Crippen LogP contribution in [0.15, 0.2) is 18.2 Å². The summed E-state index contributed by atoms with van der Waals surface area (Å²) in [6.45, 7) is 7.95. The Labute approximate surface area is 115 Å². The Morgan fingerprint density at radius 2 is 2.05 bits per heavy atom. The largest absolute Gasteiger partial charge is 0.355 e. The molecule has 104 valence electrons. The van der Waals surface area contributed by atoms with Gasteiger partial charge in [0.15, 0.2) is 0 Å². The van der Waals surface area contributed by atoms with E-state index >= 15 is 0 Å². The number of carbonyl (C=O) groups excluding carboxylic acids is 1. The Morgan fingerprint density at radius 3 is 2.74 bits per heavy atom. The van der Waals surface area contributed by atoms with Crippen LogP contribution in [0.5, 0.6) is 0 Å². The highest BCUT2D eigenvalue weighted by molar-refractivity contribution is 5.80. The SMILES string of the molecule is Cc1ccc(C)c(C(C)NCCNC(=O)C2CC2)c1. The van der Waals surface area contributed by atoms with Crippen LogP contribution in [-0.4, -0.2) is 19.0 Å². The molecule has 0 radical (unpaired) electrons. The lowest BCUT2D eigenvalue weighted by atomic mass is 10.00. The van der Waals surface area contributed by atoms with Crippen molar-refractivity contribution in [2.45, 2.75) is 39.7 Å². The fourth-order valence-corrected chi connectivity index (χ4v) is 2.30. The first-order valence-electron chi connectivity index (χ1n) is 7.16. The van der Waals surface area contributed by atoms with Crippen LogP contribution in [0.4, 0.5) is 0 Å². The predicted octanol–water partition coefficient (Wildman–Crippen LogP) is 2.48. The maximum Gasteiger partial charge on any atom is 0.223 e. The molecular formula is C16H24N2O. The molecule has 3 nitrogen and oxygen atoms in total. The Kier molecular flexibility index (Phi) is 4.59. The molecule has 1 saturated carbocycles. The van der Waals surface area contributed by atoms with E-state index in [0.717, 1.165) is 19.4 Å². The summed E-state index contributed by atoms with van der Waals surface area (Å²) in [5, 5.41) is 6.44. The van der Waals surface area contributed by atoms with E-state index in [-0.39, 0.29) is 5.91 Å². The Morgan fingerprint density at radius 1 is 1.32 bits per heavy atom. The second-order valence-electron chi connectivity index (χ2n) is 5.60. The molecule has 1 aliphatic rings. The number of aryl methyl sites for hydroxylation is 2. The molecule has 1 fully saturated rings. The summed E-state index contributed by atoms with van der Waals surface area (Å²) in [6.07, 6.45) is 2.14. The van der Waals surface area contributed by atoms with E-state index in [9.17, 15) is 4.79 Å². The van der Waals surface area contributed by atoms with Crippen molar-refractivity contribution in [3.05, 3.63) is 34.9 Å². The third kappa shape index (κ3) is 4.06. The van der Waals surface area contributed by atoms with Gasteiger partial charge in [0.2, 0.25) is 5.91 Å². The minimum atomic E-state index is 0.223. The zero-order chi connectivity index (χ0) is 13.8. The zero-order valence-corrected chi connectivity index (χ0v) is 12.1. The predicted molar refractivity (Wildman–Crippen MR) is 78.1 cm³/mol. The van der Waals surface area contributed by atoms with E-state index in [0.29, 0.717) is 18.5 Å². The van der Waals surface area contributed by atoms with Gasteiger partial charge in [-0.1, -0.05) is 23.8 Å². The number of benzene rings is 1. The van der Waals surface area contributed by atoms with E-state index in [4.69, 9.17) is 0 Å². The van der Waals surface area contributed by atoms with Gasteiger partial charge >= 0.3 is 0 Å². The van der Waals surface area contributed by atoms with E-state index in [1.807, 2.05) is 0 Å². The number of nitrogens with one attached hydrogen (secondary N) is 2. The third-order valence-electron chi connectivity index (χ3n) is 3.72. The first-order valence-corrected chi connectivity index (χ1v) is 7.16. The van der Waals surface area contributed by atoms with Crippen LogP contribution in [0.1, 0.15) is 42.5 Å². The van der Waals surface area contributed by atoms with Crippen molar-refractivity contribution in [3.8, 4) is 0 Å². The maximum absolute atomic E-state index is 11.5.